The van der Waals surface area contributed by atoms with Crippen molar-refractivity contribution in [1.82, 2.24) is 15.6 Å². The van der Waals surface area contributed by atoms with Gasteiger partial charge in [-0.2, -0.15) is 0 Å². The number of aromatic nitrogens is 1. The molecule has 0 aromatic carbocycles. The van der Waals surface area contributed by atoms with E-state index in [1.807, 2.05) is 19.3 Å². The number of aliphatic imine (C=N–C) groups is 1. The highest BCUT2D eigenvalue weighted by molar-refractivity contribution is 5.80. The molecule has 0 amide bonds. The van der Waals surface area contributed by atoms with Gasteiger partial charge in [0.15, 0.2) is 5.96 Å². The molecule has 3 fully saturated rings. The fourth-order valence-corrected chi connectivity index (χ4v) is 5.41. The summed E-state index contributed by atoms with van der Waals surface area (Å²) in [6.45, 7) is 5.00. The van der Waals surface area contributed by atoms with Gasteiger partial charge in [-0.3, -0.25) is 4.99 Å². The van der Waals surface area contributed by atoms with Crippen LogP contribution in [-0.2, 0) is 4.74 Å². The van der Waals surface area contributed by atoms with E-state index in [0.717, 1.165) is 50.7 Å². The third kappa shape index (κ3) is 3.84. The number of piperidine rings is 1. The van der Waals surface area contributed by atoms with Crippen LogP contribution in [0.15, 0.2) is 29.4 Å². The topological polar surface area (TPSA) is 61.8 Å². The number of pyridine rings is 1. The van der Waals surface area contributed by atoms with Gasteiger partial charge in [0.25, 0.3) is 0 Å². The van der Waals surface area contributed by atoms with E-state index < -0.39 is 0 Å². The van der Waals surface area contributed by atoms with Crippen LogP contribution in [0.2, 0.25) is 0 Å². The van der Waals surface area contributed by atoms with Crippen LogP contribution in [0.1, 0.15) is 51.9 Å². The van der Waals surface area contributed by atoms with Crippen molar-refractivity contribution in [3.63, 3.8) is 0 Å². The van der Waals surface area contributed by atoms with E-state index in [1.165, 1.54) is 25.7 Å². The minimum atomic E-state index is 0.329. The molecule has 0 bridgehead atoms. The van der Waals surface area contributed by atoms with Gasteiger partial charge in [0.2, 0.25) is 0 Å². The fourth-order valence-electron chi connectivity index (χ4n) is 5.41. The molecule has 1 saturated heterocycles. The van der Waals surface area contributed by atoms with Crippen molar-refractivity contribution in [2.75, 3.05) is 31.6 Å². The third-order valence-corrected chi connectivity index (χ3v) is 7.03. The Hall–Kier alpha value is -1.82. The number of anilines is 1. The lowest BCUT2D eigenvalue weighted by Gasteiger charge is -2.54. The molecule has 2 heterocycles. The number of hydrogen-bond acceptors (Lipinski definition) is 4. The van der Waals surface area contributed by atoms with Crippen LogP contribution in [0.25, 0.3) is 0 Å². The Kier molecular flexibility index (Phi) is 6.04. The largest absolute Gasteiger partial charge is 0.378 e. The van der Waals surface area contributed by atoms with Gasteiger partial charge < -0.3 is 20.3 Å². The van der Waals surface area contributed by atoms with E-state index in [9.17, 15) is 0 Å². The first kappa shape index (κ1) is 19.5. The zero-order valence-electron chi connectivity index (χ0n) is 17.4. The highest BCUT2D eigenvalue weighted by Gasteiger charge is 2.57. The highest BCUT2D eigenvalue weighted by Crippen LogP contribution is 2.54. The molecule has 1 aliphatic heterocycles. The lowest BCUT2D eigenvalue weighted by molar-refractivity contribution is -0.125. The van der Waals surface area contributed by atoms with Crippen LogP contribution in [-0.4, -0.2) is 55.9 Å². The van der Waals surface area contributed by atoms with Crippen molar-refractivity contribution in [3.8, 4) is 0 Å². The maximum atomic E-state index is 6.05. The molecule has 2 N–H and O–H groups in total. The Morgan fingerprint density at radius 1 is 1.25 bits per heavy atom. The molecule has 1 spiro atoms. The minimum absolute atomic E-state index is 0.329. The average Bonchev–Trinajstić information content (AvgIpc) is 3.26. The lowest BCUT2D eigenvalue weighted by Crippen LogP contribution is -2.65. The molecule has 2 aliphatic carbocycles. The monoisotopic (exact) mass is 385 g/mol. The normalized spacial score (nSPS) is 27.6. The number of nitrogens with one attached hydrogen (secondary N) is 2. The van der Waals surface area contributed by atoms with Gasteiger partial charge in [-0.25, -0.2) is 4.98 Å². The Morgan fingerprint density at radius 2 is 2.04 bits per heavy atom. The number of nitrogens with zero attached hydrogens (tertiary/aromatic N) is 3. The van der Waals surface area contributed by atoms with Crippen LogP contribution in [0.4, 0.5) is 5.82 Å². The van der Waals surface area contributed by atoms with Crippen molar-refractivity contribution >= 4 is 11.8 Å². The summed E-state index contributed by atoms with van der Waals surface area (Å²) in [5, 5.41) is 7.43. The predicted molar refractivity (Wildman–Crippen MR) is 114 cm³/mol. The average molecular weight is 386 g/mol. The molecule has 3 aliphatic rings. The van der Waals surface area contributed by atoms with Crippen LogP contribution in [0, 0.1) is 5.41 Å². The third-order valence-electron chi connectivity index (χ3n) is 7.03. The van der Waals surface area contributed by atoms with E-state index in [4.69, 9.17) is 4.74 Å². The van der Waals surface area contributed by atoms with Crippen molar-refractivity contribution < 1.29 is 4.74 Å². The summed E-state index contributed by atoms with van der Waals surface area (Å²) in [6, 6.07) is 7.09. The summed E-state index contributed by atoms with van der Waals surface area (Å²) in [7, 11) is 1.89. The molecular weight excluding hydrogens is 350 g/mol. The van der Waals surface area contributed by atoms with Crippen LogP contribution >= 0.6 is 0 Å². The van der Waals surface area contributed by atoms with Gasteiger partial charge in [-0.05, 0) is 51.2 Å². The minimum Gasteiger partial charge on any atom is -0.378 e. The molecule has 28 heavy (non-hydrogen) atoms. The van der Waals surface area contributed by atoms with E-state index in [0.29, 0.717) is 23.6 Å². The smallest absolute Gasteiger partial charge is 0.191 e. The van der Waals surface area contributed by atoms with Gasteiger partial charge >= 0.3 is 0 Å². The molecule has 6 nitrogen and oxygen atoms in total. The van der Waals surface area contributed by atoms with Crippen LogP contribution in [0.3, 0.4) is 0 Å². The summed E-state index contributed by atoms with van der Waals surface area (Å²) >= 11 is 0. The van der Waals surface area contributed by atoms with E-state index >= 15 is 0 Å². The zero-order valence-corrected chi connectivity index (χ0v) is 17.4. The number of hydrogen-bond donors (Lipinski definition) is 2. The second-order valence-corrected chi connectivity index (χ2v) is 8.48. The standard InChI is InChI=1S/C22H35N5O/c1-3-28-19-16-18(22(19)11-5-6-12-22)26-21(23-2)25-17-9-14-27(15-10-17)20-8-4-7-13-24-20/h4,7-8,13,17-19H,3,5-6,9-12,14-16H2,1-2H3,(H2,23,25,26). The van der Waals surface area contributed by atoms with E-state index in [2.05, 4.69) is 44.6 Å². The first-order chi connectivity index (χ1) is 13.7. The number of rotatable bonds is 5. The fraction of sp³-hybridized carbons (Fsp3) is 0.727. The van der Waals surface area contributed by atoms with Gasteiger partial charge in [0.05, 0.1) is 6.10 Å². The SMILES string of the molecule is CCOC1CC(NC(=NC)NC2CCN(c3ccccn3)CC2)C12CCCC2. The van der Waals surface area contributed by atoms with Crippen molar-refractivity contribution in [2.45, 2.75) is 70.1 Å². The Bertz CT molecular complexity index is 650. The summed E-state index contributed by atoms with van der Waals surface area (Å²) in [5.41, 5.74) is 0.329. The summed E-state index contributed by atoms with van der Waals surface area (Å²) in [4.78, 5) is 11.4. The van der Waals surface area contributed by atoms with Gasteiger partial charge in [0.1, 0.15) is 5.82 Å². The molecule has 2 saturated carbocycles. The van der Waals surface area contributed by atoms with Gasteiger partial charge in [0, 0.05) is 50.4 Å². The van der Waals surface area contributed by atoms with Gasteiger partial charge in [-0.15, -0.1) is 0 Å². The Labute approximate surface area is 169 Å². The number of guanidine groups is 1. The maximum absolute atomic E-state index is 6.05. The Morgan fingerprint density at radius 3 is 2.68 bits per heavy atom. The second-order valence-electron chi connectivity index (χ2n) is 8.48. The molecule has 2 atom stereocenters. The van der Waals surface area contributed by atoms with Crippen LogP contribution < -0.4 is 15.5 Å². The van der Waals surface area contributed by atoms with Crippen molar-refractivity contribution in [3.05, 3.63) is 24.4 Å². The van der Waals surface area contributed by atoms with Crippen LogP contribution in [0.5, 0.6) is 0 Å². The maximum Gasteiger partial charge on any atom is 0.191 e. The Balaban J connectivity index is 1.29. The van der Waals surface area contributed by atoms with E-state index in [-0.39, 0.29) is 0 Å². The molecule has 2 unspecified atom stereocenters. The molecule has 0 radical (unpaired) electrons. The summed E-state index contributed by atoms with van der Waals surface area (Å²) in [5.74, 6) is 2.05. The number of ether oxygens (including phenoxy) is 1. The molecular formula is C22H35N5O. The second kappa shape index (κ2) is 8.68. The molecule has 4 rings (SSSR count). The van der Waals surface area contributed by atoms with E-state index in [1.54, 1.807) is 0 Å². The summed E-state index contributed by atoms with van der Waals surface area (Å²) in [6.07, 6.45) is 10.9. The van der Waals surface area contributed by atoms with Gasteiger partial charge in [-0.1, -0.05) is 18.9 Å². The highest BCUT2D eigenvalue weighted by atomic mass is 16.5. The first-order valence-electron chi connectivity index (χ1n) is 11.0. The lowest BCUT2D eigenvalue weighted by atomic mass is 9.60. The van der Waals surface area contributed by atoms with Crippen molar-refractivity contribution in [1.29, 1.82) is 0 Å². The first-order valence-corrected chi connectivity index (χ1v) is 11.0. The molecule has 1 aromatic rings. The predicted octanol–water partition coefficient (Wildman–Crippen LogP) is 2.95. The molecule has 6 heteroatoms. The quantitative estimate of drug-likeness (QED) is 0.603. The summed E-state index contributed by atoms with van der Waals surface area (Å²) < 4.78 is 6.05. The van der Waals surface area contributed by atoms with Crippen molar-refractivity contribution in [2.24, 2.45) is 10.4 Å². The molecule has 1 aromatic heterocycles. The molecule has 154 valence electrons. The zero-order chi connectivity index (χ0) is 19.4.